The second-order valence-corrected chi connectivity index (χ2v) is 6.99. The Morgan fingerprint density at radius 1 is 1.17 bits per heavy atom. The Morgan fingerprint density at radius 3 is 2.69 bits per heavy atom. The molecule has 3 rings (SSSR count). The zero-order valence-corrected chi connectivity index (χ0v) is 16.5. The highest BCUT2D eigenvalue weighted by atomic mass is 19.1. The molecule has 0 atom stereocenters. The molecule has 0 aliphatic carbocycles. The molecular weight excluding hydrogens is 375 g/mol. The van der Waals surface area contributed by atoms with Crippen LogP contribution in [0.2, 0.25) is 0 Å². The molecule has 3 aromatic rings. The lowest BCUT2D eigenvalue weighted by atomic mass is 10.2. The van der Waals surface area contributed by atoms with Gasteiger partial charge in [0.2, 0.25) is 0 Å². The number of anilines is 1. The van der Waals surface area contributed by atoms with Gasteiger partial charge in [-0.3, -0.25) is 4.79 Å². The number of fused-ring (bicyclic) bond motifs is 1. The van der Waals surface area contributed by atoms with Crippen molar-refractivity contribution >= 4 is 28.7 Å². The Kier molecular flexibility index (Phi) is 6.06. The van der Waals surface area contributed by atoms with Crippen molar-refractivity contribution in [1.29, 1.82) is 0 Å². The highest BCUT2D eigenvalue weighted by Crippen LogP contribution is 2.14. The second-order valence-electron chi connectivity index (χ2n) is 6.99. The van der Waals surface area contributed by atoms with E-state index < -0.39 is 6.03 Å². The van der Waals surface area contributed by atoms with E-state index >= 15 is 0 Å². The van der Waals surface area contributed by atoms with Gasteiger partial charge in [0.1, 0.15) is 11.3 Å². The number of halogens is 1. The lowest BCUT2D eigenvalue weighted by Gasteiger charge is -2.09. The van der Waals surface area contributed by atoms with Gasteiger partial charge in [-0.2, -0.15) is 0 Å². The first-order valence-corrected chi connectivity index (χ1v) is 9.28. The van der Waals surface area contributed by atoms with Crippen LogP contribution in [0.25, 0.3) is 11.0 Å². The average molecular weight is 398 g/mol. The highest BCUT2D eigenvalue weighted by Gasteiger charge is 2.11. The van der Waals surface area contributed by atoms with Crippen LogP contribution in [0.3, 0.4) is 0 Å². The van der Waals surface area contributed by atoms with Crippen molar-refractivity contribution in [2.45, 2.75) is 33.4 Å². The molecule has 0 aliphatic rings. The zero-order chi connectivity index (χ0) is 21.0. The fourth-order valence-corrected chi connectivity index (χ4v) is 2.75. The first kappa shape index (κ1) is 20.2. The SMILES string of the molecule is Cc1ccc(NC(=O)NCCn2nnc3cc(C(=O)NC(C)C)ccc32)cc1F. The van der Waals surface area contributed by atoms with Crippen LogP contribution in [0, 0.1) is 12.7 Å². The van der Waals surface area contributed by atoms with Crippen LogP contribution >= 0.6 is 0 Å². The van der Waals surface area contributed by atoms with Gasteiger partial charge in [-0.15, -0.1) is 5.10 Å². The summed E-state index contributed by atoms with van der Waals surface area (Å²) < 4.78 is 15.2. The van der Waals surface area contributed by atoms with Crippen molar-refractivity contribution in [3.05, 3.63) is 53.3 Å². The van der Waals surface area contributed by atoms with Crippen molar-refractivity contribution in [3.63, 3.8) is 0 Å². The van der Waals surface area contributed by atoms with Gasteiger partial charge in [-0.1, -0.05) is 11.3 Å². The number of urea groups is 1. The molecule has 0 aliphatic heterocycles. The molecule has 0 radical (unpaired) electrons. The lowest BCUT2D eigenvalue weighted by molar-refractivity contribution is 0.0943. The number of amides is 3. The van der Waals surface area contributed by atoms with Gasteiger partial charge in [0.05, 0.1) is 12.1 Å². The van der Waals surface area contributed by atoms with Crippen molar-refractivity contribution < 1.29 is 14.0 Å². The van der Waals surface area contributed by atoms with E-state index in [0.29, 0.717) is 35.4 Å². The van der Waals surface area contributed by atoms with E-state index in [1.807, 2.05) is 13.8 Å². The van der Waals surface area contributed by atoms with Crippen molar-refractivity contribution in [2.24, 2.45) is 0 Å². The Balaban J connectivity index is 1.57. The highest BCUT2D eigenvalue weighted by molar-refractivity contribution is 5.97. The number of aryl methyl sites for hydroxylation is 1. The fourth-order valence-electron chi connectivity index (χ4n) is 2.75. The van der Waals surface area contributed by atoms with Crippen LogP contribution in [-0.4, -0.2) is 39.5 Å². The Bertz CT molecular complexity index is 1050. The number of rotatable bonds is 6. The molecule has 8 nitrogen and oxygen atoms in total. The van der Waals surface area contributed by atoms with E-state index in [0.717, 1.165) is 5.52 Å². The molecule has 9 heteroatoms. The summed E-state index contributed by atoms with van der Waals surface area (Å²) in [6, 6.07) is 9.28. The van der Waals surface area contributed by atoms with Crippen molar-refractivity contribution in [3.8, 4) is 0 Å². The third-order valence-electron chi connectivity index (χ3n) is 4.23. The van der Waals surface area contributed by atoms with E-state index in [-0.39, 0.29) is 17.8 Å². The van der Waals surface area contributed by atoms with Gasteiger partial charge in [-0.25, -0.2) is 13.9 Å². The van der Waals surface area contributed by atoms with Gasteiger partial charge < -0.3 is 16.0 Å². The molecule has 0 bridgehead atoms. The third-order valence-corrected chi connectivity index (χ3v) is 4.23. The van der Waals surface area contributed by atoms with E-state index in [2.05, 4.69) is 26.3 Å². The van der Waals surface area contributed by atoms with E-state index in [4.69, 9.17) is 0 Å². The molecule has 152 valence electrons. The standard InChI is InChI=1S/C20H23FN6O2/c1-12(2)23-19(28)14-5-7-18-17(10-14)25-26-27(18)9-8-22-20(29)24-15-6-4-13(3)16(21)11-15/h4-7,10-12H,8-9H2,1-3H3,(H,23,28)(H2,22,24,29). The maximum atomic E-state index is 13.5. The molecule has 29 heavy (non-hydrogen) atoms. The van der Waals surface area contributed by atoms with Gasteiger partial charge in [0.15, 0.2) is 0 Å². The maximum Gasteiger partial charge on any atom is 0.319 e. The molecular formula is C20H23FN6O2. The predicted molar refractivity (Wildman–Crippen MR) is 108 cm³/mol. The first-order chi connectivity index (χ1) is 13.8. The molecule has 0 unspecified atom stereocenters. The van der Waals surface area contributed by atoms with E-state index in [1.165, 1.54) is 6.07 Å². The number of hydrogen-bond donors (Lipinski definition) is 3. The number of aromatic nitrogens is 3. The van der Waals surface area contributed by atoms with Gasteiger partial charge in [-0.05, 0) is 56.7 Å². The summed E-state index contributed by atoms with van der Waals surface area (Å²) in [6.07, 6.45) is 0. The summed E-state index contributed by atoms with van der Waals surface area (Å²) in [7, 11) is 0. The molecule has 0 spiro atoms. The van der Waals surface area contributed by atoms with Crippen molar-refractivity contribution in [1.82, 2.24) is 25.6 Å². The van der Waals surface area contributed by atoms with E-state index in [1.54, 1.807) is 41.9 Å². The minimum absolute atomic E-state index is 0.0440. The van der Waals surface area contributed by atoms with Gasteiger partial charge in [0.25, 0.3) is 5.91 Å². The fraction of sp³-hybridized carbons (Fsp3) is 0.300. The third kappa shape index (κ3) is 5.07. The maximum absolute atomic E-state index is 13.5. The summed E-state index contributed by atoms with van der Waals surface area (Å²) >= 11 is 0. The number of hydrogen-bond acceptors (Lipinski definition) is 4. The quantitative estimate of drug-likeness (QED) is 0.594. The second kappa shape index (κ2) is 8.68. The molecule has 2 aromatic carbocycles. The summed E-state index contributed by atoms with van der Waals surface area (Å²) in [6.45, 7) is 6.13. The first-order valence-electron chi connectivity index (χ1n) is 9.28. The number of carbonyl (C=O) groups excluding carboxylic acids is 2. The van der Waals surface area contributed by atoms with Crippen LogP contribution in [0.15, 0.2) is 36.4 Å². The molecule has 3 amide bonds. The number of nitrogens with zero attached hydrogens (tertiary/aromatic N) is 3. The van der Waals surface area contributed by atoms with Crippen LogP contribution in [-0.2, 0) is 6.54 Å². The lowest BCUT2D eigenvalue weighted by Crippen LogP contribution is -2.31. The molecule has 0 fully saturated rings. The van der Waals surface area contributed by atoms with Crippen LogP contribution < -0.4 is 16.0 Å². The number of carbonyl (C=O) groups is 2. The van der Waals surface area contributed by atoms with Gasteiger partial charge in [0, 0.05) is 23.8 Å². The van der Waals surface area contributed by atoms with E-state index in [9.17, 15) is 14.0 Å². The topological polar surface area (TPSA) is 101 Å². The normalized spacial score (nSPS) is 10.9. The summed E-state index contributed by atoms with van der Waals surface area (Å²) in [5.41, 5.74) is 2.76. The van der Waals surface area contributed by atoms with Crippen molar-refractivity contribution in [2.75, 3.05) is 11.9 Å². The van der Waals surface area contributed by atoms with Gasteiger partial charge >= 0.3 is 6.03 Å². The van der Waals surface area contributed by atoms with Crippen LogP contribution in [0.4, 0.5) is 14.9 Å². The molecule has 1 heterocycles. The van der Waals surface area contributed by atoms with Crippen LogP contribution in [0.1, 0.15) is 29.8 Å². The number of benzene rings is 2. The minimum atomic E-state index is -0.440. The number of nitrogens with one attached hydrogen (secondary N) is 3. The average Bonchev–Trinajstić information content (AvgIpc) is 3.06. The summed E-state index contributed by atoms with van der Waals surface area (Å²) in [5.74, 6) is -0.541. The Labute approximate surface area is 167 Å². The molecule has 3 N–H and O–H groups in total. The predicted octanol–water partition coefficient (Wildman–Crippen LogP) is 2.84. The monoisotopic (exact) mass is 398 g/mol. The molecule has 0 saturated heterocycles. The molecule has 0 saturated carbocycles. The minimum Gasteiger partial charge on any atom is -0.350 e. The summed E-state index contributed by atoms with van der Waals surface area (Å²) in [5, 5.41) is 16.3. The largest absolute Gasteiger partial charge is 0.350 e. The van der Waals surface area contributed by atoms with Crippen LogP contribution in [0.5, 0.6) is 0 Å². The zero-order valence-electron chi connectivity index (χ0n) is 16.5. The Hall–Kier alpha value is -3.49. The molecule has 1 aromatic heterocycles. The Morgan fingerprint density at radius 2 is 1.97 bits per heavy atom. The summed E-state index contributed by atoms with van der Waals surface area (Å²) in [4.78, 5) is 24.1. The smallest absolute Gasteiger partial charge is 0.319 e.